The van der Waals surface area contributed by atoms with Gasteiger partial charge in [-0.15, -0.1) is 12.4 Å². The van der Waals surface area contributed by atoms with Crippen LogP contribution in [0.2, 0.25) is 0 Å². The molecule has 2 aromatic carbocycles. The first-order chi connectivity index (χ1) is 11.3. The van der Waals surface area contributed by atoms with E-state index >= 15 is 0 Å². The molecule has 0 N–H and O–H groups in total. The Morgan fingerprint density at radius 2 is 1.67 bits per heavy atom. The van der Waals surface area contributed by atoms with Gasteiger partial charge < -0.3 is 4.74 Å². The van der Waals surface area contributed by atoms with Gasteiger partial charge in [0.1, 0.15) is 0 Å². The van der Waals surface area contributed by atoms with E-state index in [0.717, 1.165) is 25.1 Å². The molecular weight excluding hydrogens is 322 g/mol. The second-order valence-electron chi connectivity index (χ2n) is 6.29. The van der Waals surface area contributed by atoms with Crippen molar-refractivity contribution in [1.29, 1.82) is 0 Å². The number of ether oxygens (including phenoxy) is 1. The fourth-order valence-corrected chi connectivity index (χ4v) is 3.46. The van der Waals surface area contributed by atoms with Gasteiger partial charge in [-0.05, 0) is 11.1 Å². The predicted molar refractivity (Wildman–Crippen MR) is 96.8 cm³/mol. The molecule has 0 saturated carbocycles. The predicted octanol–water partition coefficient (Wildman–Crippen LogP) is 3.69. The molecule has 0 amide bonds. The smallest absolute Gasteiger partial charge is 0.211 e. The fourth-order valence-electron chi connectivity index (χ4n) is 3.46. The maximum Gasteiger partial charge on any atom is 0.211 e. The Labute approximate surface area is 148 Å². The summed E-state index contributed by atoms with van der Waals surface area (Å²) >= 11 is 0. The number of likely N-dealkylation sites (tertiary alicyclic amines) is 1. The van der Waals surface area contributed by atoms with Gasteiger partial charge in [0.2, 0.25) is 5.78 Å². The zero-order valence-electron chi connectivity index (χ0n) is 13.4. The number of hydrogen-bond donors (Lipinski definition) is 0. The van der Waals surface area contributed by atoms with Crippen molar-refractivity contribution in [3.8, 4) is 0 Å². The van der Waals surface area contributed by atoms with Crippen molar-refractivity contribution in [2.75, 3.05) is 13.1 Å². The fraction of sp³-hybridized carbons (Fsp3) is 0.250. The standard InChI is InChI=1S/C20H19NO2.ClH/c22-19-18(17-9-5-2-6-10-17)14-23-20(19)11-12-21(15-20)13-16-7-3-1-4-8-16;/h1-10,14H,11-13,15H2;1H. The minimum absolute atomic E-state index is 0. The van der Waals surface area contributed by atoms with Crippen molar-refractivity contribution >= 4 is 23.8 Å². The Balaban J connectivity index is 0.00000169. The second-order valence-corrected chi connectivity index (χ2v) is 6.29. The lowest BCUT2D eigenvalue weighted by atomic mass is 9.91. The van der Waals surface area contributed by atoms with Crippen molar-refractivity contribution in [2.45, 2.75) is 18.6 Å². The van der Waals surface area contributed by atoms with Gasteiger partial charge in [-0.2, -0.15) is 0 Å². The summed E-state index contributed by atoms with van der Waals surface area (Å²) in [7, 11) is 0. The van der Waals surface area contributed by atoms with E-state index in [1.54, 1.807) is 6.26 Å². The molecule has 1 fully saturated rings. The molecule has 2 aliphatic heterocycles. The van der Waals surface area contributed by atoms with E-state index in [0.29, 0.717) is 12.1 Å². The quantitative estimate of drug-likeness (QED) is 0.852. The summed E-state index contributed by atoms with van der Waals surface area (Å²) in [4.78, 5) is 15.2. The van der Waals surface area contributed by atoms with Crippen LogP contribution in [-0.4, -0.2) is 29.4 Å². The summed E-state index contributed by atoms with van der Waals surface area (Å²) in [6.07, 6.45) is 2.41. The third-order valence-corrected chi connectivity index (χ3v) is 4.71. The topological polar surface area (TPSA) is 29.5 Å². The molecule has 4 heteroatoms. The van der Waals surface area contributed by atoms with Gasteiger partial charge in [-0.1, -0.05) is 60.7 Å². The Morgan fingerprint density at radius 1 is 1.00 bits per heavy atom. The van der Waals surface area contributed by atoms with Crippen LogP contribution >= 0.6 is 12.4 Å². The highest BCUT2D eigenvalue weighted by Gasteiger charge is 2.50. The van der Waals surface area contributed by atoms with Crippen LogP contribution in [0, 0.1) is 0 Å². The molecular formula is C20H20ClNO2. The summed E-state index contributed by atoms with van der Waals surface area (Å²) in [6, 6.07) is 20.1. The lowest BCUT2D eigenvalue weighted by Crippen LogP contribution is -2.40. The van der Waals surface area contributed by atoms with Crippen molar-refractivity contribution in [1.82, 2.24) is 4.90 Å². The zero-order valence-corrected chi connectivity index (χ0v) is 14.2. The number of hydrogen-bond acceptors (Lipinski definition) is 3. The summed E-state index contributed by atoms with van der Waals surface area (Å²) in [5.41, 5.74) is 2.23. The molecule has 24 heavy (non-hydrogen) atoms. The minimum Gasteiger partial charge on any atom is -0.485 e. The summed E-state index contributed by atoms with van der Waals surface area (Å²) in [6.45, 7) is 2.41. The number of rotatable bonds is 3. The summed E-state index contributed by atoms with van der Waals surface area (Å²) in [5.74, 6) is 0.124. The summed E-state index contributed by atoms with van der Waals surface area (Å²) < 4.78 is 5.90. The average molecular weight is 342 g/mol. The molecule has 1 unspecified atom stereocenters. The highest BCUT2D eigenvalue weighted by atomic mass is 35.5. The number of ketones is 1. The Kier molecular flexibility index (Phi) is 4.74. The molecule has 0 aliphatic carbocycles. The van der Waals surface area contributed by atoms with Crippen LogP contribution in [0.5, 0.6) is 0 Å². The van der Waals surface area contributed by atoms with Crippen molar-refractivity contribution < 1.29 is 9.53 Å². The van der Waals surface area contributed by atoms with Crippen LogP contribution < -0.4 is 0 Å². The molecule has 3 nitrogen and oxygen atoms in total. The van der Waals surface area contributed by atoms with E-state index in [2.05, 4.69) is 17.0 Å². The molecule has 1 atom stereocenters. The lowest BCUT2D eigenvalue weighted by molar-refractivity contribution is -0.127. The largest absolute Gasteiger partial charge is 0.485 e. The van der Waals surface area contributed by atoms with Crippen LogP contribution in [0.25, 0.3) is 5.57 Å². The number of carbonyl (C=O) groups is 1. The SMILES string of the molecule is Cl.O=C1C(c2ccccc2)=COC12CCN(Cc1ccccc1)C2. The molecule has 124 valence electrons. The third-order valence-electron chi connectivity index (χ3n) is 4.71. The average Bonchev–Trinajstić information content (AvgIpc) is 3.14. The van der Waals surface area contributed by atoms with Crippen LogP contribution in [-0.2, 0) is 16.1 Å². The first kappa shape index (κ1) is 16.7. The van der Waals surface area contributed by atoms with E-state index in [1.165, 1.54) is 5.56 Å². The number of carbonyl (C=O) groups excluding carboxylic acids is 1. The second kappa shape index (κ2) is 6.80. The number of nitrogens with zero attached hydrogens (tertiary/aromatic N) is 1. The maximum atomic E-state index is 12.9. The molecule has 1 spiro atoms. The van der Waals surface area contributed by atoms with E-state index in [1.807, 2.05) is 48.5 Å². The molecule has 0 aromatic heterocycles. The van der Waals surface area contributed by atoms with Gasteiger partial charge in [0, 0.05) is 26.1 Å². The van der Waals surface area contributed by atoms with E-state index < -0.39 is 5.60 Å². The van der Waals surface area contributed by atoms with Crippen LogP contribution in [0.3, 0.4) is 0 Å². The molecule has 2 aromatic rings. The van der Waals surface area contributed by atoms with Gasteiger partial charge in [-0.25, -0.2) is 0 Å². The highest BCUT2D eigenvalue weighted by Crippen LogP contribution is 2.38. The lowest BCUT2D eigenvalue weighted by Gasteiger charge is -2.22. The van der Waals surface area contributed by atoms with E-state index in [4.69, 9.17) is 4.74 Å². The summed E-state index contributed by atoms with van der Waals surface area (Å²) in [5, 5.41) is 0. The Morgan fingerprint density at radius 3 is 2.38 bits per heavy atom. The number of halogens is 1. The molecule has 0 bridgehead atoms. The van der Waals surface area contributed by atoms with Crippen molar-refractivity contribution in [3.63, 3.8) is 0 Å². The minimum atomic E-state index is -0.681. The van der Waals surface area contributed by atoms with Gasteiger partial charge in [0.25, 0.3) is 0 Å². The van der Waals surface area contributed by atoms with Gasteiger partial charge in [-0.3, -0.25) is 9.69 Å². The van der Waals surface area contributed by atoms with Crippen LogP contribution in [0.1, 0.15) is 17.5 Å². The van der Waals surface area contributed by atoms with Gasteiger partial charge >= 0.3 is 0 Å². The number of benzene rings is 2. The van der Waals surface area contributed by atoms with E-state index in [-0.39, 0.29) is 18.2 Å². The Hall–Kier alpha value is -2.10. The monoisotopic (exact) mass is 341 g/mol. The first-order valence-corrected chi connectivity index (χ1v) is 8.01. The van der Waals surface area contributed by atoms with Crippen LogP contribution in [0.15, 0.2) is 66.9 Å². The molecule has 2 aliphatic rings. The van der Waals surface area contributed by atoms with E-state index in [9.17, 15) is 4.79 Å². The molecule has 1 saturated heterocycles. The number of Topliss-reactive ketones (excluding diaryl/α,β-unsaturated/α-hetero) is 1. The van der Waals surface area contributed by atoms with Crippen LogP contribution in [0.4, 0.5) is 0 Å². The molecule has 2 heterocycles. The third kappa shape index (κ3) is 2.97. The van der Waals surface area contributed by atoms with Gasteiger partial charge in [0.15, 0.2) is 5.60 Å². The normalized spacial score (nSPS) is 23.0. The van der Waals surface area contributed by atoms with Gasteiger partial charge in [0.05, 0.1) is 11.8 Å². The maximum absolute atomic E-state index is 12.9. The first-order valence-electron chi connectivity index (χ1n) is 8.01. The molecule has 0 radical (unpaired) electrons. The highest BCUT2D eigenvalue weighted by molar-refractivity contribution is 6.26. The zero-order chi connectivity index (χ0) is 15.7. The van der Waals surface area contributed by atoms with Crippen molar-refractivity contribution in [3.05, 3.63) is 78.1 Å². The van der Waals surface area contributed by atoms with Crippen molar-refractivity contribution in [2.24, 2.45) is 0 Å². The molecule has 4 rings (SSSR count). The Bertz CT molecular complexity index is 745.